The van der Waals surface area contributed by atoms with Gasteiger partial charge in [0.05, 0.1) is 26.9 Å². The Morgan fingerprint density at radius 2 is 1.56 bits per heavy atom. The van der Waals surface area contributed by atoms with Crippen LogP contribution in [0.2, 0.25) is 0 Å². The van der Waals surface area contributed by atoms with E-state index in [4.69, 9.17) is 19.3 Å². The molecule has 0 heterocycles. The lowest BCUT2D eigenvalue weighted by Gasteiger charge is -2.12. The van der Waals surface area contributed by atoms with Crippen molar-refractivity contribution in [2.24, 2.45) is 0 Å². The van der Waals surface area contributed by atoms with E-state index in [9.17, 15) is 4.79 Å². The van der Waals surface area contributed by atoms with Gasteiger partial charge in [-0.15, -0.1) is 0 Å². The predicted octanol–water partition coefficient (Wildman–Crippen LogP) is 0.887. The fraction of sp³-hybridized carbons (Fsp3) is 0.364. The standard InChI is InChI=1S/C11H14O5/c1-14-9-5-11(16-3)10(15-2)4-7(9)8(13)6-12/h4-5,12H,6H2,1-3H3. The van der Waals surface area contributed by atoms with Crippen molar-refractivity contribution in [3.8, 4) is 17.2 Å². The number of rotatable bonds is 5. The molecule has 0 amide bonds. The molecule has 1 N–H and O–H groups in total. The van der Waals surface area contributed by atoms with Crippen LogP contribution in [0, 0.1) is 0 Å². The highest BCUT2D eigenvalue weighted by Gasteiger charge is 2.16. The van der Waals surface area contributed by atoms with Gasteiger partial charge in [-0.05, 0) is 6.07 Å². The number of aliphatic hydroxyl groups excluding tert-OH is 1. The van der Waals surface area contributed by atoms with E-state index in [0.717, 1.165) is 0 Å². The highest BCUT2D eigenvalue weighted by molar-refractivity contribution is 6.00. The molecule has 88 valence electrons. The molecule has 0 aliphatic rings. The molecule has 0 spiro atoms. The summed E-state index contributed by atoms with van der Waals surface area (Å²) in [5, 5.41) is 8.82. The van der Waals surface area contributed by atoms with Crippen molar-refractivity contribution in [2.45, 2.75) is 0 Å². The lowest BCUT2D eigenvalue weighted by atomic mass is 10.1. The van der Waals surface area contributed by atoms with Crippen molar-refractivity contribution >= 4 is 5.78 Å². The highest BCUT2D eigenvalue weighted by Crippen LogP contribution is 2.34. The van der Waals surface area contributed by atoms with Gasteiger partial charge in [-0.2, -0.15) is 0 Å². The second-order valence-corrected chi connectivity index (χ2v) is 2.99. The number of aliphatic hydroxyl groups is 1. The predicted molar refractivity (Wildman–Crippen MR) is 57.5 cm³/mol. The molecule has 5 nitrogen and oxygen atoms in total. The van der Waals surface area contributed by atoms with Crippen LogP contribution in [0.3, 0.4) is 0 Å². The Labute approximate surface area is 93.6 Å². The van der Waals surface area contributed by atoms with Gasteiger partial charge in [0, 0.05) is 6.07 Å². The lowest BCUT2D eigenvalue weighted by molar-refractivity contribution is 0.0900. The van der Waals surface area contributed by atoms with Gasteiger partial charge in [-0.3, -0.25) is 4.79 Å². The smallest absolute Gasteiger partial charge is 0.192 e. The second-order valence-electron chi connectivity index (χ2n) is 2.99. The van der Waals surface area contributed by atoms with E-state index in [1.807, 2.05) is 0 Å². The zero-order chi connectivity index (χ0) is 12.1. The van der Waals surface area contributed by atoms with E-state index < -0.39 is 12.4 Å². The second kappa shape index (κ2) is 5.37. The third kappa shape index (κ3) is 2.25. The van der Waals surface area contributed by atoms with Crippen LogP contribution in [0.4, 0.5) is 0 Å². The average molecular weight is 226 g/mol. The first kappa shape index (κ1) is 12.3. The zero-order valence-electron chi connectivity index (χ0n) is 9.44. The Balaban J connectivity index is 3.31. The molecule has 0 aliphatic carbocycles. The number of Topliss-reactive ketones (excluding diaryl/α,β-unsaturated/α-hetero) is 1. The summed E-state index contributed by atoms with van der Waals surface area (Å²) in [6, 6.07) is 3.03. The maximum atomic E-state index is 11.4. The summed E-state index contributed by atoms with van der Waals surface area (Å²) in [6.45, 7) is -0.578. The third-order valence-corrected chi connectivity index (χ3v) is 2.15. The summed E-state index contributed by atoms with van der Waals surface area (Å²) in [5.41, 5.74) is 0.266. The van der Waals surface area contributed by atoms with E-state index in [-0.39, 0.29) is 5.56 Å². The molecule has 1 aromatic carbocycles. The largest absolute Gasteiger partial charge is 0.496 e. The first-order chi connectivity index (χ1) is 7.67. The van der Waals surface area contributed by atoms with Crippen molar-refractivity contribution in [1.29, 1.82) is 0 Å². The summed E-state index contributed by atoms with van der Waals surface area (Å²) < 4.78 is 15.2. The Hall–Kier alpha value is -1.75. The molecule has 0 aromatic heterocycles. The summed E-state index contributed by atoms with van der Waals surface area (Å²) >= 11 is 0. The van der Waals surface area contributed by atoms with E-state index in [0.29, 0.717) is 17.2 Å². The van der Waals surface area contributed by atoms with Crippen LogP contribution in [-0.4, -0.2) is 38.8 Å². The molecule has 0 radical (unpaired) electrons. The van der Waals surface area contributed by atoms with Crippen molar-refractivity contribution in [3.05, 3.63) is 17.7 Å². The first-order valence-electron chi connectivity index (χ1n) is 4.62. The topological polar surface area (TPSA) is 65.0 Å². The highest BCUT2D eigenvalue weighted by atomic mass is 16.5. The quantitative estimate of drug-likeness (QED) is 0.755. The molecule has 0 atom stereocenters. The Morgan fingerprint density at radius 3 is 2.00 bits per heavy atom. The maximum absolute atomic E-state index is 11.4. The molecular formula is C11H14O5. The summed E-state index contributed by atoms with van der Waals surface area (Å²) in [4.78, 5) is 11.4. The van der Waals surface area contributed by atoms with Crippen LogP contribution >= 0.6 is 0 Å². The van der Waals surface area contributed by atoms with Gasteiger partial charge in [-0.25, -0.2) is 0 Å². The molecule has 16 heavy (non-hydrogen) atoms. The molecular weight excluding hydrogens is 212 g/mol. The van der Waals surface area contributed by atoms with E-state index in [1.165, 1.54) is 27.4 Å². The third-order valence-electron chi connectivity index (χ3n) is 2.15. The molecule has 5 heteroatoms. The fourth-order valence-electron chi connectivity index (χ4n) is 1.33. The summed E-state index contributed by atoms with van der Waals surface area (Å²) in [6.07, 6.45) is 0. The number of carbonyl (C=O) groups excluding carboxylic acids is 1. The molecule has 0 unspecified atom stereocenters. The Kier molecular flexibility index (Phi) is 4.13. The van der Waals surface area contributed by atoms with Gasteiger partial charge < -0.3 is 19.3 Å². The van der Waals surface area contributed by atoms with E-state index >= 15 is 0 Å². The maximum Gasteiger partial charge on any atom is 0.192 e. The molecule has 0 saturated heterocycles. The zero-order valence-corrected chi connectivity index (χ0v) is 9.44. The van der Waals surface area contributed by atoms with Crippen LogP contribution in [0.25, 0.3) is 0 Å². The Morgan fingerprint density at radius 1 is 1.06 bits per heavy atom. The number of ketones is 1. The van der Waals surface area contributed by atoms with Crippen LogP contribution < -0.4 is 14.2 Å². The van der Waals surface area contributed by atoms with Gasteiger partial charge in [0.15, 0.2) is 17.3 Å². The summed E-state index contributed by atoms with van der Waals surface area (Å²) in [7, 11) is 4.40. The number of hydrogen-bond acceptors (Lipinski definition) is 5. The summed E-state index contributed by atoms with van der Waals surface area (Å²) in [5.74, 6) is 0.795. The van der Waals surface area contributed by atoms with Crippen LogP contribution in [0.5, 0.6) is 17.2 Å². The minimum absolute atomic E-state index is 0.266. The van der Waals surface area contributed by atoms with Gasteiger partial charge in [0.25, 0.3) is 0 Å². The number of hydrogen-bond donors (Lipinski definition) is 1. The first-order valence-corrected chi connectivity index (χ1v) is 4.62. The van der Waals surface area contributed by atoms with Crippen molar-refractivity contribution in [2.75, 3.05) is 27.9 Å². The van der Waals surface area contributed by atoms with Gasteiger partial charge in [-0.1, -0.05) is 0 Å². The normalized spacial score (nSPS) is 9.75. The molecule has 1 aromatic rings. The van der Waals surface area contributed by atoms with Gasteiger partial charge in [0.1, 0.15) is 12.4 Å². The van der Waals surface area contributed by atoms with Crippen LogP contribution in [0.1, 0.15) is 10.4 Å². The van der Waals surface area contributed by atoms with Crippen molar-refractivity contribution in [1.82, 2.24) is 0 Å². The van der Waals surface area contributed by atoms with Crippen molar-refractivity contribution < 1.29 is 24.1 Å². The molecule has 0 fully saturated rings. The molecule has 0 saturated carbocycles. The van der Waals surface area contributed by atoms with Gasteiger partial charge in [0.2, 0.25) is 0 Å². The molecule has 1 rings (SSSR count). The lowest BCUT2D eigenvalue weighted by Crippen LogP contribution is -2.07. The van der Waals surface area contributed by atoms with Gasteiger partial charge >= 0.3 is 0 Å². The minimum atomic E-state index is -0.578. The average Bonchev–Trinajstić information content (AvgIpc) is 2.35. The monoisotopic (exact) mass is 226 g/mol. The van der Waals surface area contributed by atoms with Crippen LogP contribution in [-0.2, 0) is 0 Å². The number of carbonyl (C=O) groups is 1. The van der Waals surface area contributed by atoms with Crippen molar-refractivity contribution in [3.63, 3.8) is 0 Å². The minimum Gasteiger partial charge on any atom is -0.496 e. The molecule has 0 bridgehead atoms. The van der Waals surface area contributed by atoms with E-state index in [1.54, 1.807) is 6.07 Å². The number of ether oxygens (including phenoxy) is 3. The fourth-order valence-corrected chi connectivity index (χ4v) is 1.33. The number of methoxy groups -OCH3 is 3. The van der Waals surface area contributed by atoms with Crippen LogP contribution in [0.15, 0.2) is 12.1 Å². The SMILES string of the molecule is COc1cc(OC)c(C(=O)CO)cc1OC. The number of benzene rings is 1. The Bertz CT molecular complexity index is 386. The molecule has 0 aliphatic heterocycles. The van der Waals surface area contributed by atoms with E-state index in [2.05, 4.69) is 0 Å².